The van der Waals surface area contributed by atoms with Crippen molar-refractivity contribution in [2.24, 2.45) is 0 Å². The van der Waals surface area contributed by atoms with Crippen molar-refractivity contribution in [3.05, 3.63) is 51.8 Å². The molecule has 31 heavy (non-hydrogen) atoms. The van der Waals surface area contributed by atoms with Crippen LogP contribution >= 0.6 is 11.3 Å². The lowest BCUT2D eigenvalue weighted by atomic mass is 9.92. The summed E-state index contributed by atoms with van der Waals surface area (Å²) in [5.74, 6) is 0.719. The lowest BCUT2D eigenvalue weighted by Gasteiger charge is -2.21. The summed E-state index contributed by atoms with van der Waals surface area (Å²) in [6, 6.07) is 6.35. The maximum Gasteiger partial charge on any atom is 0.322 e. The molecule has 2 aliphatic rings. The minimum Gasteiger partial charge on any atom is -0.321 e. The van der Waals surface area contributed by atoms with Crippen LogP contribution in [0.2, 0.25) is 0 Å². The number of anilines is 1. The SMILES string of the molecule is Cc1nc(C2CC2)nc2sc(C(=O)Nc3ccc(C4(C)NC(=O)NC4=O)cc3)c(C)c12. The standard InChI is InChI=1S/C22H21N5O3S/c1-10-15-11(2)23-17(12-4-5-12)25-19(15)31-16(10)18(28)24-14-8-6-13(7-9-14)22(3)20(29)26-21(30)27-22/h6-9,12H,4-5H2,1-3H3,(H,24,28)(H2,26,27,29,30). The molecule has 1 aliphatic heterocycles. The second-order valence-corrected chi connectivity index (χ2v) is 9.24. The number of carbonyl (C=O) groups is 3. The van der Waals surface area contributed by atoms with Crippen LogP contribution < -0.4 is 16.0 Å². The summed E-state index contributed by atoms with van der Waals surface area (Å²) in [5.41, 5.74) is 1.89. The van der Waals surface area contributed by atoms with Gasteiger partial charge in [-0.25, -0.2) is 14.8 Å². The molecule has 1 aromatic carbocycles. The van der Waals surface area contributed by atoms with E-state index in [2.05, 4.69) is 20.9 Å². The molecule has 1 atom stereocenters. The summed E-state index contributed by atoms with van der Waals surface area (Å²) < 4.78 is 0. The van der Waals surface area contributed by atoms with Crippen molar-refractivity contribution < 1.29 is 14.4 Å². The molecule has 3 heterocycles. The van der Waals surface area contributed by atoms with Crippen molar-refractivity contribution in [3.63, 3.8) is 0 Å². The fraction of sp³-hybridized carbons (Fsp3) is 0.318. The highest BCUT2D eigenvalue weighted by Gasteiger charge is 2.43. The number of rotatable bonds is 4. The van der Waals surface area contributed by atoms with E-state index in [9.17, 15) is 14.4 Å². The molecule has 158 valence electrons. The smallest absolute Gasteiger partial charge is 0.321 e. The number of aromatic nitrogens is 2. The zero-order chi connectivity index (χ0) is 21.9. The number of nitrogens with zero attached hydrogens (tertiary/aromatic N) is 2. The summed E-state index contributed by atoms with van der Waals surface area (Å²) in [6.45, 7) is 5.53. The first-order chi connectivity index (χ1) is 14.8. The van der Waals surface area contributed by atoms with E-state index < -0.39 is 17.5 Å². The molecule has 1 saturated heterocycles. The Kier molecular flexibility index (Phi) is 4.33. The topological polar surface area (TPSA) is 113 Å². The van der Waals surface area contributed by atoms with Crippen LogP contribution in [0.3, 0.4) is 0 Å². The highest BCUT2D eigenvalue weighted by atomic mass is 32.1. The Morgan fingerprint density at radius 1 is 1.16 bits per heavy atom. The third kappa shape index (κ3) is 3.25. The van der Waals surface area contributed by atoms with E-state index in [0.29, 0.717) is 22.0 Å². The number of nitrogens with one attached hydrogen (secondary N) is 3. The van der Waals surface area contributed by atoms with Crippen LogP contribution in [0.5, 0.6) is 0 Å². The summed E-state index contributed by atoms with van der Waals surface area (Å²) >= 11 is 1.38. The molecule has 3 N–H and O–H groups in total. The number of aryl methyl sites for hydroxylation is 2. The average Bonchev–Trinajstić information content (AvgIpc) is 3.46. The molecule has 3 aromatic rings. The Balaban J connectivity index is 1.39. The summed E-state index contributed by atoms with van der Waals surface area (Å²) in [5, 5.41) is 8.74. The predicted octanol–water partition coefficient (Wildman–Crippen LogP) is 3.49. The van der Waals surface area contributed by atoms with Crippen LogP contribution in [0.15, 0.2) is 24.3 Å². The molecule has 0 bridgehead atoms. The number of urea groups is 1. The van der Waals surface area contributed by atoms with Crippen LogP contribution in [-0.4, -0.2) is 27.8 Å². The zero-order valence-electron chi connectivity index (χ0n) is 17.3. The van der Waals surface area contributed by atoms with Gasteiger partial charge in [0.05, 0.1) is 10.6 Å². The molecule has 0 radical (unpaired) electrons. The van der Waals surface area contributed by atoms with Gasteiger partial charge in [-0.05, 0) is 56.9 Å². The fourth-order valence-corrected chi connectivity index (χ4v) is 5.06. The van der Waals surface area contributed by atoms with Gasteiger partial charge in [-0.3, -0.25) is 14.9 Å². The first-order valence-corrected chi connectivity index (χ1v) is 10.9. The van der Waals surface area contributed by atoms with E-state index in [-0.39, 0.29) is 5.91 Å². The van der Waals surface area contributed by atoms with E-state index >= 15 is 0 Å². The van der Waals surface area contributed by atoms with Gasteiger partial charge in [0.15, 0.2) is 0 Å². The number of thiophene rings is 1. The average molecular weight is 436 g/mol. The monoisotopic (exact) mass is 435 g/mol. The van der Waals surface area contributed by atoms with Gasteiger partial charge >= 0.3 is 6.03 Å². The Labute approximate surface area is 182 Å². The van der Waals surface area contributed by atoms with Gasteiger partial charge in [0, 0.05) is 17.0 Å². The third-order valence-electron chi connectivity index (χ3n) is 5.90. The Bertz CT molecular complexity index is 1260. The molecule has 5 rings (SSSR count). The highest BCUT2D eigenvalue weighted by Crippen LogP contribution is 2.40. The molecule has 1 aliphatic carbocycles. The van der Waals surface area contributed by atoms with Gasteiger partial charge in [-0.15, -0.1) is 11.3 Å². The largest absolute Gasteiger partial charge is 0.322 e. The number of hydrogen-bond donors (Lipinski definition) is 3. The lowest BCUT2D eigenvalue weighted by molar-refractivity contribution is -0.123. The van der Waals surface area contributed by atoms with Crippen molar-refractivity contribution in [1.29, 1.82) is 0 Å². The maximum atomic E-state index is 13.0. The summed E-state index contributed by atoms with van der Waals surface area (Å²) in [7, 11) is 0. The fourth-order valence-electron chi connectivity index (χ4n) is 3.92. The molecule has 1 unspecified atom stereocenters. The van der Waals surface area contributed by atoms with E-state index in [4.69, 9.17) is 4.98 Å². The molecule has 0 spiro atoms. The van der Waals surface area contributed by atoms with Crippen LogP contribution in [0.1, 0.15) is 58.0 Å². The lowest BCUT2D eigenvalue weighted by Crippen LogP contribution is -2.40. The Hall–Kier alpha value is -3.33. The van der Waals surface area contributed by atoms with Crippen LogP contribution in [0.25, 0.3) is 10.2 Å². The molecule has 2 fully saturated rings. The Morgan fingerprint density at radius 3 is 2.48 bits per heavy atom. The normalized spacial score (nSPS) is 20.6. The zero-order valence-corrected chi connectivity index (χ0v) is 18.1. The van der Waals surface area contributed by atoms with Crippen LogP contribution in [0.4, 0.5) is 10.5 Å². The molecular weight excluding hydrogens is 414 g/mol. The minimum absolute atomic E-state index is 0.209. The second-order valence-electron chi connectivity index (χ2n) is 8.24. The number of imide groups is 1. The highest BCUT2D eigenvalue weighted by molar-refractivity contribution is 7.20. The third-order valence-corrected chi connectivity index (χ3v) is 7.09. The quantitative estimate of drug-likeness (QED) is 0.543. The van der Waals surface area contributed by atoms with Gasteiger partial charge in [-0.1, -0.05) is 12.1 Å². The molecule has 9 heteroatoms. The Morgan fingerprint density at radius 2 is 1.87 bits per heavy atom. The van der Waals surface area contributed by atoms with E-state index in [1.165, 1.54) is 11.3 Å². The van der Waals surface area contributed by atoms with Gasteiger partial charge < -0.3 is 10.6 Å². The first-order valence-electron chi connectivity index (χ1n) is 10.1. The van der Waals surface area contributed by atoms with E-state index in [0.717, 1.165) is 40.1 Å². The van der Waals surface area contributed by atoms with Gasteiger partial charge in [0.25, 0.3) is 11.8 Å². The van der Waals surface area contributed by atoms with Crippen molar-refractivity contribution >= 4 is 45.1 Å². The van der Waals surface area contributed by atoms with Crippen molar-refractivity contribution in [3.8, 4) is 0 Å². The maximum absolute atomic E-state index is 13.0. The predicted molar refractivity (Wildman–Crippen MR) is 117 cm³/mol. The number of fused-ring (bicyclic) bond motifs is 1. The molecule has 8 nitrogen and oxygen atoms in total. The summed E-state index contributed by atoms with van der Waals surface area (Å²) in [6.07, 6.45) is 2.26. The first kappa shape index (κ1) is 19.6. The van der Waals surface area contributed by atoms with Crippen LogP contribution in [0, 0.1) is 13.8 Å². The minimum atomic E-state index is -1.13. The number of hydrogen-bond acceptors (Lipinski definition) is 6. The molecule has 1 saturated carbocycles. The second kappa shape index (κ2) is 6.84. The molecule has 2 aromatic heterocycles. The summed E-state index contributed by atoms with van der Waals surface area (Å²) in [4.78, 5) is 47.4. The molecular formula is C22H21N5O3S. The van der Waals surface area contributed by atoms with E-state index in [1.807, 2.05) is 13.8 Å². The van der Waals surface area contributed by atoms with E-state index in [1.54, 1.807) is 31.2 Å². The number of benzene rings is 1. The van der Waals surface area contributed by atoms with Crippen molar-refractivity contribution in [1.82, 2.24) is 20.6 Å². The van der Waals surface area contributed by atoms with Crippen molar-refractivity contribution in [2.75, 3.05) is 5.32 Å². The van der Waals surface area contributed by atoms with Gasteiger partial charge in [-0.2, -0.15) is 0 Å². The molecule has 4 amide bonds. The number of carbonyl (C=O) groups excluding carboxylic acids is 3. The van der Waals surface area contributed by atoms with Crippen molar-refractivity contribution in [2.45, 2.75) is 45.1 Å². The van der Waals surface area contributed by atoms with Gasteiger partial charge in [0.2, 0.25) is 0 Å². The number of amides is 4. The van der Waals surface area contributed by atoms with Gasteiger partial charge in [0.1, 0.15) is 16.2 Å². The van der Waals surface area contributed by atoms with Crippen LogP contribution in [-0.2, 0) is 10.3 Å².